The largest absolute Gasteiger partial charge is 0.497 e. The van der Waals surface area contributed by atoms with Crippen LogP contribution in [0, 0.1) is 0 Å². The Morgan fingerprint density at radius 3 is 2.46 bits per heavy atom. The van der Waals surface area contributed by atoms with Crippen LogP contribution in [-0.4, -0.2) is 43.9 Å². The fourth-order valence-electron chi connectivity index (χ4n) is 2.77. The zero-order valence-electron chi connectivity index (χ0n) is 15.5. The molecule has 2 aromatic rings. The summed E-state index contributed by atoms with van der Waals surface area (Å²) in [7, 11) is 4.65. The van der Waals surface area contributed by atoms with Crippen LogP contribution < -0.4 is 19.6 Å². The summed E-state index contributed by atoms with van der Waals surface area (Å²) in [6.07, 6.45) is 0. The summed E-state index contributed by atoms with van der Waals surface area (Å²) < 4.78 is 16.5. The standard InChI is InChI=1S/C19H19BrN2O5S/c1-25-11-5-7-15(20)14(8-11)18(24)21-22-17(23)10-28-19(22)13-6-4-12(26-2)9-16(13)27-3/h4-9,19H,10H2,1-3H3,(H,21,24). The quantitative estimate of drug-likeness (QED) is 0.702. The van der Waals surface area contributed by atoms with Crippen LogP contribution in [0.25, 0.3) is 0 Å². The number of thioether (sulfide) groups is 1. The van der Waals surface area contributed by atoms with E-state index in [0.717, 1.165) is 5.56 Å². The number of hydrazine groups is 1. The number of hydrogen-bond acceptors (Lipinski definition) is 6. The lowest BCUT2D eigenvalue weighted by Crippen LogP contribution is -2.44. The van der Waals surface area contributed by atoms with Crippen molar-refractivity contribution in [3.63, 3.8) is 0 Å². The fraction of sp³-hybridized carbons (Fsp3) is 0.263. The Balaban J connectivity index is 1.88. The van der Waals surface area contributed by atoms with E-state index in [4.69, 9.17) is 14.2 Å². The highest BCUT2D eigenvalue weighted by atomic mass is 79.9. The SMILES string of the molecule is COc1ccc(C2SCC(=O)N2NC(=O)c2cc(OC)ccc2Br)c(OC)c1. The van der Waals surface area contributed by atoms with Crippen LogP contribution in [0.2, 0.25) is 0 Å². The van der Waals surface area contributed by atoms with Crippen molar-refractivity contribution in [3.05, 3.63) is 52.0 Å². The molecule has 0 aromatic heterocycles. The van der Waals surface area contributed by atoms with Crippen molar-refractivity contribution < 1.29 is 23.8 Å². The molecular formula is C19H19BrN2O5S. The minimum absolute atomic E-state index is 0.194. The third-order valence-electron chi connectivity index (χ3n) is 4.21. The van der Waals surface area contributed by atoms with Crippen molar-refractivity contribution >= 4 is 39.5 Å². The number of amides is 2. The summed E-state index contributed by atoms with van der Waals surface area (Å²) in [6, 6.07) is 10.4. The van der Waals surface area contributed by atoms with E-state index < -0.39 is 11.3 Å². The number of halogens is 1. The van der Waals surface area contributed by atoms with Crippen molar-refractivity contribution in [1.29, 1.82) is 0 Å². The van der Waals surface area contributed by atoms with Gasteiger partial charge in [-0.05, 0) is 46.3 Å². The molecule has 2 amide bonds. The minimum atomic E-state index is -0.417. The van der Waals surface area contributed by atoms with Gasteiger partial charge in [0.1, 0.15) is 22.6 Å². The highest BCUT2D eigenvalue weighted by molar-refractivity contribution is 9.10. The Morgan fingerprint density at radius 2 is 1.79 bits per heavy atom. The Bertz CT molecular complexity index is 908. The van der Waals surface area contributed by atoms with Gasteiger partial charge in [-0.1, -0.05) is 0 Å². The number of ether oxygens (including phenoxy) is 3. The number of carbonyl (C=O) groups excluding carboxylic acids is 2. The third-order valence-corrected chi connectivity index (χ3v) is 6.10. The summed E-state index contributed by atoms with van der Waals surface area (Å²) in [4.78, 5) is 25.3. The van der Waals surface area contributed by atoms with Crippen molar-refractivity contribution in [1.82, 2.24) is 10.4 Å². The van der Waals surface area contributed by atoms with Crippen LogP contribution >= 0.6 is 27.7 Å². The van der Waals surface area contributed by atoms with E-state index in [1.165, 1.54) is 23.9 Å². The predicted octanol–water partition coefficient (Wildman–Crippen LogP) is 3.39. The van der Waals surface area contributed by atoms with Crippen LogP contribution in [0.15, 0.2) is 40.9 Å². The van der Waals surface area contributed by atoms with Gasteiger partial charge in [0.2, 0.25) is 0 Å². The molecule has 0 bridgehead atoms. The topological polar surface area (TPSA) is 77.1 Å². The van der Waals surface area contributed by atoms with E-state index in [-0.39, 0.29) is 11.7 Å². The first kappa shape index (κ1) is 20.3. The Hall–Kier alpha value is -2.39. The summed E-state index contributed by atoms with van der Waals surface area (Å²) >= 11 is 4.77. The lowest BCUT2D eigenvalue weighted by Gasteiger charge is -2.26. The van der Waals surface area contributed by atoms with Crippen LogP contribution in [0.3, 0.4) is 0 Å². The van der Waals surface area contributed by atoms with E-state index in [2.05, 4.69) is 21.4 Å². The van der Waals surface area contributed by atoms with Crippen LogP contribution in [0.5, 0.6) is 17.2 Å². The minimum Gasteiger partial charge on any atom is -0.497 e. The summed E-state index contributed by atoms with van der Waals surface area (Å²) in [5.41, 5.74) is 3.85. The van der Waals surface area contributed by atoms with Gasteiger partial charge in [0.15, 0.2) is 0 Å². The van der Waals surface area contributed by atoms with Crippen molar-refractivity contribution in [3.8, 4) is 17.2 Å². The molecule has 1 fully saturated rings. The van der Waals surface area contributed by atoms with Gasteiger partial charge in [-0.2, -0.15) is 0 Å². The second kappa shape index (κ2) is 8.74. The number of hydrogen-bond donors (Lipinski definition) is 1. The number of nitrogens with zero attached hydrogens (tertiary/aromatic N) is 1. The molecule has 1 aliphatic rings. The molecule has 1 saturated heterocycles. The van der Waals surface area contributed by atoms with Gasteiger partial charge < -0.3 is 14.2 Å². The first-order valence-electron chi connectivity index (χ1n) is 8.28. The molecule has 1 unspecified atom stereocenters. The van der Waals surface area contributed by atoms with Gasteiger partial charge in [-0.25, -0.2) is 5.01 Å². The average molecular weight is 467 g/mol. The monoisotopic (exact) mass is 466 g/mol. The average Bonchev–Trinajstić information content (AvgIpc) is 3.07. The Morgan fingerprint density at radius 1 is 1.11 bits per heavy atom. The molecule has 0 saturated carbocycles. The third kappa shape index (κ3) is 4.05. The van der Waals surface area contributed by atoms with E-state index >= 15 is 0 Å². The van der Waals surface area contributed by atoms with E-state index in [0.29, 0.717) is 27.3 Å². The first-order valence-corrected chi connectivity index (χ1v) is 10.1. The second-order valence-corrected chi connectivity index (χ2v) is 7.74. The van der Waals surface area contributed by atoms with E-state index in [9.17, 15) is 9.59 Å². The van der Waals surface area contributed by atoms with Gasteiger partial charge in [0.05, 0.1) is 32.6 Å². The highest BCUT2D eigenvalue weighted by Crippen LogP contribution is 2.42. The van der Waals surface area contributed by atoms with Gasteiger partial charge in [-0.15, -0.1) is 11.8 Å². The number of nitrogens with one attached hydrogen (secondary N) is 1. The molecule has 1 aliphatic heterocycles. The summed E-state index contributed by atoms with van der Waals surface area (Å²) in [5, 5.41) is 0.921. The summed E-state index contributed by atoms with van der Waals surface area (Å²) in [6.45, 7) is 0. The molecule has 0 aliphatic carbocycles. The number of benzene rings is 2. The molecule has 7 nitrogen and oxygen atoms in total. The zero-order valence-corrected chi connectivity index (χ0v) is 17.9. The number of rotatable bonds is 6. The molecule has 3 rings (SSSR count). The van der Waals surface area contributed by atoms with Crippen LogP contribution in [0.1, 0.15) is 21.3 Å². The molecule has 148 valence electrons. The van der Waals surface area contributed by atoms with E-state index in [1.54, 1.807) is 44.6 Å². The van der Waals surface area contributed by atoms with Gasteiger partial charge in [0.25, 0.3) is 11.8 Å². The lowest BCUT2D eigenvalue weighted by molar-refractivity contribution is -0.130. The van der Waals surface area contributed by atoms with Crippen molar-refractivity contribution in [2.75, 3.05) is 27.1 Å². The smallest absolute Gasteiger partial charge is 0.271 e. The van der Waals surface area contributed by atoms with Gasteiger partial charge >= 0.3 is 0 Å². The molecule has 1 atom stereocenters. The van der Waals surface area contributed by atoms with Crippen molar-refractivity contribution in [2.45, 2.75) is 5.37 Å². The molecular weight excluding hydrogens is 448 g/mol. The number of methoxy groups -OCH3 is 3. The maximum atomic E-state index is 12.8. The Labute approximate surface area is 175 Å². The van der Waals surface area contributed by atoms with Crippen LogP contribution in [0.4, 0.5) is 0 Å². The van der Waals surface area contributed by atoms with Crippen LogP contribution in [-0.2, 0) is 4.79 Å². The molecule has 1 N–H and O–H groups in total. The zero-order chi connectivity index (χ0) is 20.3. The Kier molecular flexibility index (Phi) is 6.35. The molecule has 0 radical (unpaired) electrons. The predicted molar refractivity (Wildman–Crippen MR) is 110 cm³/mol. The molecule has 1 heterocycles. The maximum absolute atomic E-state index is 12.8. The van der Waals surface area contributed by atoms with E-state index in [1.807, 2.05) is 6.07 Å². The number of carbonyl (C=O) groups is 2. The molecule has 9 heteroatoms. The maximum Gasteiger partial charge on any atom is 0.271 e. The van der Waals surface area contributed by atoms with Gasteiger partial charge in [-0.3, -0.25) is 15.0 Å². The summed E-state index contributed by atoms with van der Waals surface area (Å²) in [5.74, 6) is 1.40. The lowest BCUT2D eigenvalue weighted by atomic mass is 10.1. The molecule has 0 spiro atoms. The molecule has 2 aromatic carbocycles. The first-order chi connectivity index (χ1) is 13.5. The molecule has 28 heavy (non-hydrogen) atoms. The van der Waals surface area contributed by atoms with Crippen molar-refractivity contribution in [2.24, 2.45) is 0 Å². The highest BCUT2D eigenvalue weighted by Gasteiger charge is 2.36. The fourth-order valence-corrected chi connectivity index (χ4v) is 4.33. The normalized spacial score (nSPS) is 16.1. The van der Waals surface area contributed by atoms with Gasteiger partial charge in [0, 0.05) is 16.1 Å². The second-order valence-electron chi connectivity index (χ2n) is 5.82.